The van der Waals surface area contributed by atoms with Gasteiger partial charge in [-0.15, -0.1) is 0 Å². The number of nitrogens with one attached hydrogen (secondary N) is 1. The van der Waals surface area contributed by atoms with Crippen LogP contribution < -0.4 is 11.1 Å². The Labute approximate surface area is 111 Å². The van der Waals surface area contributed by atoms with E-state index in [0.29, 0.717) is 21.7 Å². The fraction of sp³-hybridized carbons (Fsp3) is 0.667. The molecule has 0 spiro atoms. The molecule has 0 bridgehead atoms. The zero-order valence-corrected chi connectivity index (χ0v) is 11.7. The van der Waals surface area contributed by atoms with Crippen molar-refractivity contribution < 1.29 is 4.79 Å². The first kappa shape index (κ1) is 13.1. The van der Waals surface area contributed by atoms with Crippen molar-refractivity contribution in [2.75, 3.05) is 31.7 Å². The van der Waals surface area contributed by atoms with Crippen LogP contribution in [-0.2, 0) is 0 Å². The second-order valence-corrected chi connectivity index (χ2v) is 5.82. The molecule has 0 aromatic carbocycles. The lowest BCUT2D eigenvalue weighted by Gasteiger charge is -2.20. The standard InChI is InChI=1S/C12H20N4OS/c1-14-12-15-10(13)9(18-12)11(17)16(2)7-8-5-3-4-6-8/h8H,3-7,13H2,1-2H3,(H,14,15). The molecular weight excluding hydrogens is 248 g/mol. The molecule has 5 nitrogen and oxygen atoms in total. The first-order chi connectivity index (χ1) is 8.61. The SMILES string of the molecule is CNc1nc(N)c(C(=O)N(C)CC2CCCC2)s1. The number of rotatable bonds is 4. The number of carbonyl (C=O) groups excluding carboxylic acids is 1. The number of nitrogens with zero attached hydrogens (tertiary/aromatic N) is 2. The van der Waals surface area contributed by atoms with Crippen LogP contribution in [0.3, 0.4) is 0 Å². The van der Waals surface area contributed by atoms with Crippen molar-refractivity contribution in [3.63, 3.8) is 0 Å². The summed E-state index contributed by atoms with van der Waals surface area (Å²) in [5, 5.41) is 3.60. The van der Waals surface area contributed by atoms with Crippen LogP contribution in [-0.4, -0.2) is 36.4 Å². The van der Waals surface area contributed by atoms with E-state index in [1.165, 1.54) is 37.0 Å². The second kappa shape index (κ2) is 5.56. The van der Waals surface area contributed by atoms with Gasteiger partial charge in [0.25, 0.3) is 5.91 Å². The van der Waals surface area contributed by atoms with Gasteiger partial charge in [-0.3, -0.25) is 4.79 Å². The topological polar surface area (TPSA) is 71.2 Å². The first-order valence-corrected chi connectivity index (χ1v) is 7.13. The van der Waals surface area contributed by atoms with Gasteiger partial charge < -0.3 is 16.0 Å². The molecule has 1 amide bonds. The quantitative estimate of drug-likeness (QED) is 0.876. The molecule has 0 atom stereocenters. The van der Waals surface area contributed by atoms with Crippen molar-refractivity contribution in [1.29, 1.82) is 0 Å². The number of nitrogens with two attached hydrogens (primary N) is 1. The minimum atomic E-state index is -0.0154. The van der Waals surface area contributed by atoms with Crippen LogP contribution in [0.4, 0.5) is 10.9 Å². The molecule has 1 aromatic heterocycles. The zero-order chi connectivity index (χ0) is 13.1. The van der Waals surface area contributed by atoms with Crippen LogP contribution >= 0.6 is 11.3 Å². The Morgan fingerprint density at radius 3 is 2.78 bits per heavy atom. The highest BCUT2D eigenvalue weighted by molar-refractivity contribution is 7.18. The van der Waals surface area contributed by atoms with E-state index in [1.54, 1.807) is 11.9 Å². The number of hydrogen-bond donors (Lipinski definition) is 2. The normalized spacial score (nSPS) is 15.9. The van der Waals surface area contributed by atoms with Gasteiger partial charge in [-0.1, -0.05) is 24.2 Å². The smallest absolute Gasteiger partial charge is 0.267 e. The van der Waals surface area contributed by atoms with E-state index in [2.05, 4.69) is 10.3 Å². The average Bonchev–Trinajstić information content (AvgIpc) is 2.97. The second-order valence-electron chi connectivity index (χ2n) is 4.82. The fourth-order valence-electron chi connectivity index (χ4n) is 2.43. The molecule has 0 saturated heterocycles. The maximum absolute atomic E-state index is 12.3. The van der Waals surface area contributed by atoms with Gasteiger partial charge in [-0.05, 0) is 18.8 Å². The summed E-state index contributed by atoms with van der Waals surface area (Å²) in [5.41, 5.74) is 5.78. The highest BCUT2D eigenvalue weighted by Crippen LogP contribution is 2.28. The Kier molecular flexibility index (Phi) is 4.06. The van der Waals surface area contributed by atoms with Gasteiger partial charge in [0.05, 0.1) is 0 Å². The molecular formula is C12H20N4OS. The molecule has 6 heteroatoms. The number of amides is 1. The van der Waals surface area contributed by atoms with Crippen molar-refractivity contribution in [1.82, 2.24) is 9.88 Å². The summed E-state index contributed by atoms with van der Waals surface area (Å²) in [4.78, 5) is 18.7. The van der Waals surface area contributed by atoms with Crippen molar-refractivity contribution in [2.24, 2.45) is 5.92 Å². The van der Waals surface area contributed by atoms with Crippen LogP contribution in [0, 0.1) is 5.92 Å². The molecule has 0 unspecified atom stereocenters. The Morgan fingerprint density at radius 2 is 2.22 bits per heavy atom. The monoisotopic (exact) mass is 268 g/mol. The van der Waals surface area contributed by atoms with Crippen LogP contribution in [0.1, 0.15) is 35.4 Å². The van der Waals surface area contributed by atoms with Crippen LogP contribution in [0.15, 0.2) is 0 Å². The molecule has 100 valence electrons. The minimum absolute atomic E-state index is 0.0154. The van der Waals surface area contributed by atoms with E-state index >= 15 is 0 Å². The largest absolute Gasteiger partial charge is 0.382 e. The van der Waals surface area contributed by atoms with E-state index in [-0.39, 0.29) is 5.91 Å². The summed E-state index contributed by atoms with van der Waals surface area (Å²) < 4.78 is 0. The minimum Gasteiger partial charge on any atom is -0.382 e. The summed E-state index contributed by atoms with van der Waals surface area (Å²) in [6.07, 6.45) is 5.05. The number of carbonyl (C=O) groups is 1. The first-order valence-electron chi connectivity index (χ1n) is 6.31. The van der Waals surface area contributed by atoms with E-state index in [0.717, 1.165) is 6.54 Å². The Bertz CT molecular complexity index is 426. The predicted octanol–water partition coefficient (Wildman–Crippen LogP) is 2.03. The van der Waals surface area contributed by atoms with Crippen molar-refractivity contribution in [2.45, 2.75) is 25.7 Å². The molecule has 1 aliphatic carbocycles. The number of anilines is 2. The molecule has 1 saturated carbocycles. The lowest BCUT2D eigenvalue weighted by molar-refractivity contribution is 0.0779. The number of thiazole rings is 1. The van der Waals surface area contributed by atoms with Gasteiger partial charge in [0.1, 0.15) is 10.7 Å². The highest BCUT2D eigenvalue weighted by Gasteiger charge is 2.23. The Hall–Kier alpha value is -1.30. The molecule has 1 fully saturated rings. The summed E-state index contributed by atoms with van der Waals surface area (Å²) in [6, 6.07) is 0. The summed E-state index contributed by atoms with van der Waals surface area (Å²) in [5.74, 6) is 0.961. The molecule has 1 aliphatic rings. The van der Waals surface area contributed by atoms with Gasteiger partial charge in [-0.2, -0.15) is 0 Å². The molecule has 0 aliphatic heterocycles. The third kappa shape index (κ3) is 2.75. The van der Waals surface area contributed by atoms with E-state index in [9.17, 15) is 4.79 Å². The number of hydrogen-bond acceptors (Lipinski definition) is 5. The van der Waals surface area contributed by atoms with Crippen LogP contribution in [0.5, 0.6) is 0 Å². The molecule has 1 aromatic rings. The van der Waals surface area contributed by atoms with E-state index in [4.69, 9.17) is 5.73 Å². The van der Waals surface area contributed by atoms with Crippen molar-refractivity contribution >= 4 is 28.2 Å². The van der Waals surface area contributed by atoms with E-state index < -0.39 is 0 Å². The third-order valence-corrected chi connectivity index (χ3v) is 4.49. The Morgan fingerprint density at radius 1 is 1.56 bits per heavy atom. The van der Waals surface area contributed by atoms with Gasteiger partial charge in [-0.25, -0.2) is 4.98 Å². The maximum atomic E-state index is 12.3. The molecule has 1 heterocycles. The van der Waals surface area contributed by atoms with Crippen molar-refractivity contribution in [3.8, 4) is 0 Å². The van der Waals surface area contributed by atoms with Crippen molar-refractivity contribution in [3.05, 3.63) is 4.88 Å². The predicted molar refractivity (Wildman–Crippen MR) is 75.0 cm³/mol. The van der Waals surface area contributed by atoms with Gasteiger partial charge in [0.2, 0.25) is 0 Å². The highest BCUT2D eigenvalue weighted by atomic mass is 32.1. The van der Waals surface area contributed by atoms with Gasteiger partial charge in [0.15, 0.2) is 5.13 Å². The summed E-state index contributed by atoms with van der Waals surface area (Å²) >= 11 is 1.32. The molecule has 18 heavy (non-hydrogen) atoms. The Balaban J connectivity index is 2.02. The van der Waals surface area contributed by atoms with E-state index in [1.807, 2.05) is 7.05 Å². The lowest BCUT2D eigenvalue weighted by Crippen LogP contribution is -2.31. The van der Waals surface area contributed by atoms with Gasteiger partial charge in [0, 0.05) is 20.6 Å². The zero-order valence-electron chi connectivity index (χ0n) is 10.9. The molecule has 3 N–H and O–H groups in total. The number of nitrogen functional groups attached to an aromatic ring is 1. The fourth-order valence-corrected chi connectivity index (χ4v) is 3.26. The van der Waals surface area contributed by atoms with Gasteiger partial charge >= 0.3 is 0 Å². The number of aromatic nitrogens is 1. The third-order valence-electron chi connectivity index (χ3n) is 3.41. The molecule has 2 rings (SSSR count). The average molecular weight is 268 g/mol. The maximum Gasteiger partial charge on any atom is 0.267 e. The summed E-state index contributed by atoms with van der Waals surface area (Å²) in [7, 11) is 3.62. The van der Waals surface area contributed by atoms with Crippen LogP contribution in [0.25, 0.3) is 0 Å². The van der Waals surface area contributed by atoms with Crippen LogP contribution in [0.2, 0.25) is 0 Å². The lowest BCUT2D eigenvalue weighted by atomic mass is 10.1. The summed E-state index contributed by atoms with van der Waals surface area (Å²) in [6.45, 7) is 0.824. The molecule has 0 radical (unpaired) electrons.